The monoisotopic (exact) mass is 501 g/mol. The molecule has 0 saturated carbocycles. The molecule has 0 aromatic heterocycles. The van der Waals surface area contributed by atoms with Gasteiger partial charge in [0.05, 0.1) is 11.9 Å². The van der Waals surface area contributed by atoms with E-state index in [1.807, 2.05) is 49.4 Å². The smallest absolute Gasteiger partial charge is 0.242 e. The first kappa shape index (κ1) is 28.4. The average Bonchev–Trinajstić information content (AvgIpc) is 2.82. The van der Waals surface area contributed by atoms with Gasteiger partial charge in [0.2, 0.25) is 21.8 Å². The van der Waals surface area contributed by atoms with E-state index in [1.54, 1.807) is 24.0 Å². The van der Waals surface area contributed by atoms with E-state index in [2.05, 4.69) is 12.2 Å². The van der Waals surface area contributed by atoms with E-state index in [4.69, 9.17) is 0 Å². The summed E-state index contributed by atoms with van der Waals surface area (Å²) < 4.78 is 26.3. The third-order valence-electron chi connectivity index (χ3n) is 6.02. The van der Waals surface area contributed by atoms with Crippen LogP contribution in [0.3, 0.4) is 0 Å². The normalized spacial score (nSPS) is 12.1. The zero-order valence-corrected chi connectivity index (χ0v) is 22.2. The van der Waals surface area contributed by atoms with Crippen LogP contribution < -0.4 is 9.62 Å². The van der Waals surface area contributed by atoms with Crippen molar-refractivity contribution in [1.29, 1.82) is 0 Å². The number of unbranched alkanes of at least 4 members (excludes halogenated alkanes) is 1. The van der Waals surface area contributed by atoms with E-state index < -0.39 is 16.1 Å². The van der Waals surface area contributed by atoms with Crippen LogP contribution in [0.2, 0.25) is 0 Å². The minimum atomic E-state index is -3.50. The fourth-order valence-electron chi connectivity index (χ4n) is 3.93. The number of nitrogens with one attached hydrogen (secondary N) is 1. The highest BCUT2D eigenvalue weighted by molar-refractivity contribution is 7.92. The molecule has 0 heterocycles. The molecule has 0 aliphatic rings. The van der Waals surface area contributed by atoms with Gasteiger partial charge in [-0.15, -0.1) is 0 Å². The van der Waals surface area contributed by atoms with E-state index in [0.717, 1.165) is 24.0 Å². The summed E-state index contributed by atoms with van der Waals surface area (Å²) in [6.45, 7) is 6.86. The number of nitrogens with zero attached hydrogens (tertiary/aromatic N) is 2. The highest BCUT2D eigenvalue weighted by Crippen LogP contribution is 2.22. The molecule has 2 rings (SSSR count). The number of benzene rings is 2. The van der Waals surface area contributed by atoms with Crippen molar-refractivity contribution in [3.05, 3.63) is 65.7 Å². The Hall–Kier alpha value is -2.87. The summed E-state index contributed by atoms with van der Waals surface area (Å²) >= 11 is 0. The number of aryl methyl sites for hydroxylation is 1. The summed E-state index contributed by atoms with van der Waals surface area (Å²) in [6, 6.07) is 16.5. The Labute approximate surface area is 210 Å². The second kappa shape index (κ2) is 13.9. The maximum atomic E-state index is 13.3. The molecule has 35 heavy (non-hydrogen) atoms. The third kappa shape index (κ3) is 9.02. The molecule has 0 aliphatic carbocycles. The van der Waals surface area contributed by atoms with Crippen molar-refractivity contribution >= 4 is 27.5 Å². The van der Waals surface area contributed by atoms with Crippen molar-refractivity contribution in [2.75, 3.05) is 30.2 Å². The van der Waals surface area contributed by atoms with E-state index in [1.165, 1.54) is 10.6 Å². The molecule has 0 unspecified atom stereocenters. The Balaban J connectivity index is 2.09. The van der Waals surface area contributed by atoms with Gasteiger partial charge in [-0.25, -0.2) is 8.42 Å². The molecule has 0 aliphatic heterocycles. The maximum absolute atomic E-state index is 13.3. The summed E-state index contributed by atoms with van der Waals surface area (Å²) in [5.74, 6) is -0.324. The Morgan fingerprint density at radius 2 is 1.63 bits per heavy atom. The Kier molecular flexibility index (Phi) is 11.2. The zero-order chi connectivity index (χ0) is 25.8. The highest BCUT2D eigenvalue weighted by atomic mass is 32.2. The summed E-state index contributed by atoms with van der Waals surface area (Å²) in [6.07, 6.45) is 4.18. The summed E-state index contributed by atoms with van der Waals surface area (Å²) in [4.78, 5) is 27.6. The molecule has 0 fully saturated rings. The topological polar surface area (TPSA) is 86.8 Å². The van der Waals surface area contributed by atoms with Gasteiger partial charge >= 0.3 is 0 Å². The Morgan fingerprint density at radius 3 is 2.26 bits per heavy atom. The van der Waals surface area contributed by atoms with E-state index in [0.29, 0.717) is 31.6 Å². The summed E-state index contributed by atoms with van der Waals surface area (Å²) in [7, 11) is -3.50. The van der Waals surface area contributed by atoms with E-state index in [9.17, 15) is 18.0 Å². The van der Waals surface area contributed by atoms with Crippen molar-refractivity contribution in [2.24, 2.45) is 0 Å². The predicted octanol–water partition coefficient (Wildman–Crippen LogP) is 3.92. The standard InChI is InChI=1S/C27H39N3O4S/c1-5-6-19-28-27(32)23(3)29(21-18-24-14-8-7-9-15-24)26(31)17-12-20-30(35(4,33)34)25-16-11-10-13-22(25)2/h7-11,13-16,23H,5-6,12,17-21H2,1-4H3,(H,28,32)/t23-/m0/s1. The number of hydrogen-bond donors (Lipinski definition) is 1. The van der Waals surface area contributed by atoms with Gasteiger partial charge in [0.1, 0.15) is 6.04 Å². The van der Waals surface area contributed by atoms with Crippen molar-refractivity contribution in [3.8, 4) is 0 Å². The molecule has 1 atom stereocenters. The number of carbonyl (C=O) groups excluding carboxylic acids is 2. The minimum absolute atomic E-state index is 0.152. The van der Waals surface area contributed by atoms with Crippen LogP contribution in [-0.2, 0) is 26.0 Å². The third-order valence-corrected chi connectivity index (χ3v) is 7.20. The van der Waals surface area contributed by atoms with Gasteiger partial charge in [-0.05, 0) is 50.3 Å². The Bertz CT molecular complexity index is 1060. The molecule has 0 saturated heterocycles. The lowest BCUT2D eigenvalue weighted by Gasteiger charge is -2.29. The number of anilines is 1. The van der Waals surface area contributed by atoms with Gasteiger partial charge < -0.3 is 10.2 Å². The molecular formula is C27H39N3O4S. The first-order valence-corrected chi connectivity index (χ1v) is 14.1. The molecule has 2 amide bonds. The van der Waals surface area contributed by atoms with Crippen LogP contribution in [0, 0.1) is 6.92 Å². The number of carbonyl (C=O) groups is 2. The number of para-hydroxylation sites is 1. The van der Waals surface area contributed by atoms with Crippen LogP contribution in [-0.4, -0.2) is 57.1 Å². The largest absolute Gasteiger partial charge is 0.354 e. The van der Waals surface area contributed by atoms with E-state index in [-0.39, 0.29) is 24.8 Å². The zero-order valence-electron chi connectivity index (χ0n) is 21.4. The fraction of sp³-hybridized carbons (Fsp3) is 0.481. The van der Waals surface area contributed by atoms with Crippen LogP contribution in [0.15, 0.2) is 54.6 Å². The van der Waals surface area contributed by atoms with Gasteiger partial charge in [0.25, 0.3) is 0 Å². The van der Waals surface area contributed by atoms with Crippen molar-refractivity contribution in [3.63, 3.8) is 0 Å². The van der Waals surface area contributed by atoms with Gasteiger partial charge in [-0.3, -0.25) is 13.9 Å². The fourth-order valence-corrected chi connectivity index (χ4v) is 4.95. The lowest BCUT2D eigenvalue weighted by molar-refractivity contribution is -0.139. The Morgan fingerprint density at radius 1 is 0.971 bits per heavy atom. The quantitative estimate of drug-likeness (QED) is 0.398. The molecule has 2 aromatic carbocycles. The molecule has 192 valence electrons. The molecular weight excluding hydrogens is 462 g/mol. The van der Waals surface area contributed by atoms with E-state index >= 15 is 0 Å². The van der Waals surface area contributed by atoms with Crippen molar-refractivity contribution in [2.45, 2.75) is 58.9 Å². The number of hydrogen-bond acceptors (Lipinski definition) is 4. The van der Waals surface area contributed by atoms with Crippen molar-refractivity contribution in [1.82, 2.24) is 10.2 Å². The molecule has 0 bridgehead atoms. The maximum Gasteiger partial charge on any atom is 0.242 e. The number of amides is 2. The first-order chi connectivity index (χ1) is 16.6. The van der Waals surface area contributed by atoms with Crippen LogP contribution in [0.1, 0.15) is 50.7 Å². The summed E-state index contributed by atoms with van der Waals surface area (Å²) in [5.41, 5.74) is 2.56. The predicted molar refractivity (Wildman–Crippen MR) is 142 cm³/mol. The lowest BCUT2D eigenvalue weighted by Crippen LogP contribution is -2.49. The molecule has 2 aromatic rings. The average molecular weight is 502 g/mol. The highest BCUT2D eigenvalue weighted by Gasteiger charge is 2.26. The van der Waals surface area contributed by atoms with Crippen LogP contribution >= 0.6 is 0 Å². The lowest BCUT2D eigenvalue weighted by atomic mass is 10.1. The second-order valence-corrected chi connectivity index (χ2v) is 10.8. The molecule has 7 nitrogen and oxygen atoms in total. The van der Waals surface area contributed by atoms with Gasteiger partial charge in [0, 0.05) is 26.1 Å². The number of rotatable bonds is 14. The van der Waals surface area contributed by atoms with Gasteiger partial charge in [-0.2, -0.15) is 0 Å². The molecule has 0 radical (unpaired) electrons. The van der Waals surface area contributed by atoms with Crippen LogP contribution in [0.5, 0.6) is 0 Å². The molecule has 0 spiro atoms. The van der Waals surface area contributed by atoms with Crippen LogP contribution in [0.25, 0.3) is 0 Å². The second-order valence-electron chi connectivity index (χ2n) is 8.87. The van der Waals surface area contributed by atoms with Gasteiger partial charge in [0.15, 0.2) is 0 Å². The van der Waals surface area contributed by atoms with Gasteiger partial charge in [-0.1, -0.05) is 61.9 Å². The SMILES string of the molecule is CCCCNC(=O)[C@H](C)N(CCc1ccccc1)C(=O)CCCN(c1ccccc1C)S(C)(=O)=O. The summed E-state index contributed by atoms with van der Waals surface area (Å²) in [5, 5.41) is 2.92. The first-order valence-electron chi connectivity index (χ1n) is 12.3. The van der Waals surface area contributed by atoms with Crippen molar-refractivity contribution < 1.29 is 18.0 Å². The number of sulfonamides is 1. The molecule has 1 N–H and O–H groups in total. The minimum Gasteiger partial charge on any atom is -0.354 e. The van der Waals surface area contributed by atoms with Crippen LogP contribution in [0.4, 0.5) is 5.69 Å². The molecule has 8 heteroatoms.